The quantitative estimate of drug-likeness (QED) is 0.892. The molecule has 0 radical (unpaired) electrons. The van der Waals surface area contributed by atoms with Crippen molar-refractivity contribution in [2.75, 3.05) is 18.9 Å². The summed E-state index contributed by atoms with van der Waals surface area (Å²) in [6, 6.07) is 7.00. The summed E-state index contributed by atoms with van der Waals surface area (Å²) in [7, 11) is 1.84. The first kappa shape index (κ1) is 13.8. The topological polar surface area (TPSA) is 54.0 Å². The highest BCUT2D eigenvalue weighted by Gasteiger charge is 2.09. The zero-order valence-electron chi connectivity index (χ0n) is 10.4. The number of aromatic nitrogens is 1. The number of halogens is 1. The number of carbonyl (C=O) groups excluding carboxylic acids is 1. The molecule has 1 amide bonds. The van der Waals surface area contributed by atoms with Crippen LogP contribution in [0.2, 0.25) is 5.02 Å². The Labute approximate surface area is 120 Å². The Bertz CT molecular complexity index is 571. The van der Waals surface area contributed by atoms with Crippen LogP contribution in [0.25, 0.3) is 0 Å². The fourth-order valence-corrected chi connectivity index (χ4v) is 2.51. The minimum atomic E-state index is -0.158. The number of nitrogens with zero attached hydrogens (tertiary/aromatic N) is 1. The van der Waals surface area contributed by atoms with Crippen molar-refractivity contribution in [3.05, 3.63) is 45.9 Å². The van der Waals surface area contributed by atoms with Crippen LogP contribution < -0.4 is 10.6 Å². The molecule has 0 aliphatic rings. The zero-order chi connectivity index (χ0) is 13.7. The first-order valence-electron chi connectivity index (χ1n) is 5.85. The number of hydrogen-bond acceptors (Lipinski definition) is 4. The molecule has 0 bridgehead atoms. The largest absolute Gasteiger partial charge is 0.365 e. The van der Waals surface area contributed by atoms with E-state index in [1.54, 1.807) is 35.6 Å². The molecule has 0 atom stereocenters. The van der Waals surface area contributed by atoms with Gasteiger partial charge < -0.3 is 10.6 Å². The van der Waals surface area contributed by atoms with Gasteiger partial charge in [-0.3, -0.25) is 4.79 Å². The second kappa shape index (κ2) is 6.54. The first-order valence-corrected chi connectivity index (χ1v) is 7.11. The van der Waals surface area contributed by atoms with Crippen molar-refractivity contribution in [3.63, 3.8) is 0 Å². The third kappa shape index (κ3) is 3.68. The molecule has 0 saturated carbocycles. The molecule has 0 unspecified atom stereocenters. The van der Waals surface area contributed by atoms with Crippen LogP contribution in [0.1, 0.15) is 16.1 Å². The fourth-order valence-electron chi connectivity index (χ4n) is 1.58. The van der Waals surface area contributed by atoms with Crippen LogP contribution in [-0.2, 0) is 6.42 Å². The Morgan fingerprint density at radius 3 is 2.89 bits per heavy atom. The Morgan fingerprint density at radius 1 is 1.42 bits per heavy atom. The second-order valence-electron chi connectivity index (χ2n) is 3.88. The summed E-state index contributed by atoms with van der Waals surface area (Å²) in [5.74, 6) is -0.158. The molecule has 0 aliphatic carbocycles. The molecule has 0 saturated heterocycles. The minimum absolute atomic E-state index is 0.158. The number of amides is 1. The van der Waals surface area contributed by atoms with Gasteiger partial charge in [-0.15, -0.1) is 11.3 Å². The van der Waals surface area contributed by atoms with Crippen molar-refractivity contribution in [1.29, 1.82) is 0 Å². The zero-order valence-corrected chi connectivity index (χ0v) is 12.0. The Morgan fingerprint density at radius 2 is 2.21 bits per heavy atom. The molecule has 1 aromatic carbocycles. The van der Waals surface area contributed by atoms with Crippen molar-refractivity contribution in [3.8, 4) is 0 Å². The van der Waals surface area contributed by atoms with Crippen LogP contribution in [0.5, 0.6) is 0 Å². The summed E-state index contributed by atoms with van der Waals surface area (Å²) >= 11 is 7.51. The lowest BCUT2D eigenvalue weighted by Gasteiger charge is -2.05. The van der Waals surface area contributed by atoms with Crippen LogP contribution in [0.3, 0.4) is 0 Å². The third-order valence-corrected chi connectivity index (χ3v) is 3.79. The van der Waals surface area contributed by atoms with E-state index in [9.17, 15) is 4.79 Å². The monoisotopic (exact) mass is 295 g/mol. The van der Waals surface area contributed by atoms with Crippen molar-refractivity contribution >= 4 is 34.0 Å². The van der Waals surface area contributed by atoms with Gasteiger partial charge in [0.15, 0.2) is 5.13 Å². The van der Waals surface area contributed by atoms with E-state index < -0.39 is 0 Å². The molecule has 19 heavy (non-hydrogen) atoms. The van der Waals surface area contributed by atoms with Crippen molar-refractivity contribution in [1.82, 2.24) is 10.3 Å². The lowest BCUT2D eigenvalue weighted by atomic mass is 10.2. The number of carbonyl (C=O) groups is 1. The van der Waals surface area contributed by atoms with E-state index in [2.05, 4.69) is 15.6 Å². The van der Waals surface area contributed by atoms with Gasteiger partial charge in [0, 0.05) is 25.4 Å². The van der Waals surface area contributed by atoms with Crippen LogP contribution in [0.15, 0.2) is 29.6 Å². The molecule has 1 aromatic heterocycles. The van der Waals surface area contributed by atoms with Gasteiger partial charge in [-0.1, -0.05) is 23.7 Å². The van der Waals surface area contributed by atoms with Gasteiger partial charge in [0.05, 0.1) is 16.3 Å². The van der Waals surface area contributed by atoms with Crippen LogP contribution in [0.4, 0.5) is 5.13 Å². The molecular formula is C13H14ClN3OS. The van der Waals surface area contributed by atoms with Crippen molar-refractivity contribution < 1.29 is 4.79 Å². The summed E-state index contributed by atoms with van der Waals surface area (Å²) in [5.41, 5.74) is 1.46. The highest BCUT2D eigenvalue weighted by Crippen LogP contribution is 2.15. The SMILES string of the molecule is CNc1nc(CCNC(=O)c2ccccc2Cl)cs1. The Balaban J connectivity index is 1.86. The number of hydrogen-bond donors (Lipinski definition) is 2. The summed E-state index contributed by atoms with van der Waals surface area (Å²) in [5, 5.41) is 9.14. The number of anilines is 1. The van der Waals surface area contributed by atoms with Gasteiger partial charge in [-0.25, -0.2) is 4.98 Å². The fraction of sp³-hybridized carbons (Fsp3) is 0.231. The maximum absolute atomic E-state index is 11.9. The van der Waals surface area contributed by atoms with E-state index >= 15 is 0 Å². The summed E-state index contributed by atoms with van der Waals surface area (Å²) in [4.78, 5) is 16.2. The van der Waals surface area contributed by atoms with E-state index in [0.717, 1.165) is 10.8 Å². The molecule has 1 heterocycles. The molecule has 4 nitrogen and oxygen atoms in total. The van der Waals surface area contributed by atoms with Crippen LogP contribution >= 0.6 is 22.9 Å². The van der Waals surface area contributed by atoms with E-state index in [4.69, 9.17) is 11.6 Å². The maximum atomic E-state index is 11.9. The first-order chi connectivity index (χ1) is 9.20. The molecule has 2 N–H and O–H groups in total. The smallest absolute Gasteiger partial charge is 0.252 e. The van der Waals surface area contributed by atoms with E-state index in [1.165, 1.54) is 0 Å². The van der Waals surface area contributed by atoms with Gasteiger partial charge in [0.25, 0.3) is 5.91 Å². The molecule has 0 aliphatic heterocycles. The summed E-state index contributed by atoms with van der Waals surface area (Å²) < 4.78 is 0. The van der Waals surface area contributed by atoms with E-state index in [-0.39, 0.29) is 5.91 Å². The van der Waals surface area contributed by atoms with Gasteiger partial charge in [-0.2, -0.15) is 0 Å². The normalized spacial score (nSPS) is 10.2. The average Bonchev–Trinajstić information content (AvgIpc) is 2.87. The van der Waals surface area contributed by atoms with Gasteiger partial charge in [-0.05, 0) is 12.1 Å². The van der Waals surface area contributed by atoms with Gasteiger partial charge in [0.2, 0.25) is 0 Å². The van der Waals surface area contributed by atoms with Gasteiger partial charge in [0.1, 0.15) is 0 Å². The minimum Gasteiger partial charge on any atom is -0.365 e. The lowest BCUT2D eigenvalue weighted by molar-refractivity contribution is 0.0954. The van der Waals surface area contributed by atoms with E-state index in [1.807, 2.05) is 12.4 Å². The summed E-state index contributed by atoms with van der Waals surface area (Å²) in [6.45, 7) is 0.539. The number of thiazole rings is 1. The Hall–Kier alpha value is -1.59. The van der Waals surface area contributed by atoms with Gasteiger partial charge >= 0.3 is 0 Å². The number of rotatable bonds is 5. The molecule has 2 aromatic rings. The van der Waals surface area contributed by atoms with E-state index in [0.29, 0.717) is 23.6 Å². The standard InChI is InChI=1S/C13H14ClN3OS/c1-15-13-17-9(8-19-13)6-7-16-12(18)10-4-2-3-5-11(10)14/h2-5,8H,6-7H2,1H3,(H,15,17)(H,16,18). The molecule has 0 fully saturated rings. The highest BCUT2D eigenvalue weighted by molar-refractivity contribution is 7.13. The van der Waals surface area contributed by atoms with Crippen molar-refractivity contribution in [2.45, 2.75) is 6.42 Å². The molecular weight excluding hydrogens is 282 g/mol. The van der Waals surface area contributed by atoms with Crippen LogP contribution in [0, 0.1) is 0 Å². The van der Waals surface area contributed by atoms with Crippen molar-refractivity contribution in [2.24, 2.45) is 0 Å². The molecule has 2 rings (SSSR count). The highest BCUT2D eigenvalue weighted by atomic mass is 35.5. The third-order valence-electron chi connectivity index (χ3n) is 2.55. The summed E-state index contributed by atoms with van der Waals surface area (Å²) in [6.07, 6.45) is 0.703. The second-order valence-corrected chi connectivity index (χ2v) is 5.15. The molecule has 100 valence electrons. The maximum Gasteiger partial charge on any atom is 0.252 e. The average molecular weight is 296 g/mol. The molecule has 0 spiro atoms. The lowest BCUT2D eigenvalue weighted by Crippen LogP contribution is -2.26. The predicted molar refractivity (Wildman–Crippen MR) is 79.1 cm³/mol. The number of nitrogens with one attached hydrogen (secondary N) is 2. The van der Waals surface area contributed by atoms with Crippen LogP contribution in [-0.4, -0.2) is 24.5 Å². The predicted octanol–water partition coefficient (Wildman–Crippen LogP) is 2.81. The molecule has 6 heteroatoms. The Kier molecular flexibility index (Phi) is 4.76. The number of benzene rings is 1.